The molecule has 0 saturated carbocycles. The first-order chi connectivity index (χ1) is 13.0. The van der Waals surface area contributed by atoms with Gasteiger partial charge < -0.3 is 4.90 Å². The van der Waals surface area contributed by atoms with E-state index in [1.807, 2.05) is 22.4 Å². The number of non-ortho nitro benzene ring substituents is 1. The van der Waals surface area contributed by atoms with E-state index in [2.05, 4.69) is 11.9 Å². The van der Waals surface area contributed by atoms with Gasteiger partial charge in [-0.1, -0.05) is 23.5 Å². The molecule has 8 heteroatoms. The van der Waals surface area contributed by atoms with Crippen LogP contribution in [0.25, 0.3) is 16.2 Å². The quantitative estimate of drug-likeness (QED) is 0.498. The van der Waals surface area contributed by atoms with Gasteiger partial charge in [-0.3, -0.25) is 19.3 Å². The highest BCUT2D eigenvalue weighted by Crippen LogP contribution is 2.30. The highest BCUT2D eigenvalue weighted by molar-refractivity contribution is 7.19. The zero-order chi connectivity index (χ0) is 19.1. The summed E-state index contributed by atoms with van der Waals surface area (Å²) in [7, 11) is 0. The van der Waals surface area contributed by atoms with Gasteiger partial charge >= 0.3 is 0 Å². The predicted octanol–water partition coefficient (Wildman–Crippen LogP) is 4.29. The van der Waals surface area contributed by atoms with E-state index in [0.29, 0.717) is 11.3 Å². The molecule has 4 rings (SSSR count). The van der Waals surface area contributed by atoms with Gasteiger partial charge in [0, 0.05) is 42.2 Å². The van der Waals surface area contributed by atoms with Crippen molar-refractivity contribution in [3.8, 4) is 11.3 Å². The van der Waals surface area contributed by atoms with Crippen molar-refractivity contribution in [1.82, 2.24) is 14.3 Å². The van der Waals surface area contributed by atoms with Crippen molar-refractivity contribution in [1.29, 1.82) is 0 Å². The normalized spacial score (nSPS) is 17.4. The number of amides is 1. The minimum absolute atomic E-state index is 0.0375. The van der Waals surface area contributed by atoms with E-state index in [0.717, 1.165) is 34.9 Å². The first-order valence-electron chi connectivity index (χ1n) is 9.00. The van der Waals surface area contributed by atoms with E-state index in [9.17, 15) is 14.9 Å². The summed E-state index contributed by atoms with van der Waals surface area (Å²) in [6.45, 7) is 4.83. The van der Waals surface area contributed by atoms with Gasteiger partial charge in [-0.25, -0.2) is 4.98 Å². The first kappa shape index (κ1) is 17.7. The summed E-state index contributed by atoms with van der Waals surface area (Å²) in [5.74, 6) is 0.0760. The molecular weight excluding hydrogens is 364 g/mol. The summed E-state index contributed by atoms with van der Waals surface area (Å²) >= 11 is 1.38. The number of hydrogen-bond acceptors (Lipinski definition) is 5. The van der Waals surface area contributed by atoms with Crippen LogP contribution in [0, 0.1) is 17.0 Å². The summed E-state index contributed by atoms with van der Waals surface area (Å²) in [6.07, 6.45) is 5.11. The number of carbonyl (C=O) groups excluding carboxylic acids is 1. The number of aromatic nitrogens is 2. The Labute approximate surface area is 160 Å². The second kappa shape index (κ2) is 6.77. The average Bonchev–Trinajstić information content (AvgIpc) is 3.21. The van der Waals surface area contributed by atoms with Crippen molar-refractivity contribution < 1.29 is 9.72 Å². The Balaban J connectivity index is 1.69. The van der Waals surface area contributed by atoms with Crippen molar-refractivity contribution in [3.05, 3.63) is 51.1 Å². The van der Waals surface area contributed by atoms with Gasteiger partial charge in [0.15, 0.2) is 4.96 Å². The summed E-state index contributed by atoms with van der Waals surface area (Å²) in [5, 5.41) is 11.0. The molecule has 7 nitrogen and oxygen atoms in total. The number of thiazole rings is 1. The molecule has 1 aliphatic rings. The van der Waals surface area contributed by atoms with E-state index in [1.54, 1.807) is 12.1 Å². The van der Waals surface area contributed by atoms with Crippen LogP contribution in [-0.4, -0.2) is 37.7 Å². The van der Waals surface area contributed by atoms with Crippen LogP contribution in [0.1, 0.15) is 41.6 Å². The molecule has 1 fully saturated rings. The Hall–Kier alpha value is -2.74. The van der Waals surface area contributed by atoms with Crippen LogP contribution >= 0.6 is 11.3 Å². The van der Waals surface area contributed by atoms with Gasteiger partial charge in [-0.2, -0.15) is 0 Å². The number of hydrogen-bond donors (Lipinski definition) is 0. The minimum Gasteiger partial charge on any atom is -0.335 e. The van der Waals surface area contributed by atoms with Crippen molar-refractivity contribution in [3.63, 3.8) is 0 Å². The third-order valence-corrected chi connectivity index (χ3v) is 6.31. The molecule has 1 saturated heterocycles. The number of nitrogens with zero attached hydrogens (tertiary/aromatic N) is 4. The number of rotatable bonds is 3. The fourth-order valence-corrected chi connectivity index (χ4v) is 4.66. The van der Waals surface area contributed by atoms with Crippen molar-refractivity contribution in [2.24, 2.45) is 0 Å². The third-order valence-electron chi connectivity index (χ3n) is 5.17. The number of imidazole rings is 1. The van der Waals surface area contributed by atoms with Crippen LogP contribution in [0.4, 0.5) is 5.69 Å². The summed E-state index contributed by atoms with van der Waals surface area (Å²) in [5.41, 5.74) is 2.26. The summed E-state index contributed by atoms with van der Waals surface area (Å²) in [6, 6.07) is 6.70. The van der Waals surface area contributed by atoms with Crippen molar-refractivity contribution in [2.75, 3.05) is 6.54 Å². The van der Waals surface area contributed by atoms with E-state index in [-0.39, 0.29) is 17.6 Å². The molecule has 1 amide bonds. The Morgan fingerprint density at radius 3 is 2.89 bits per heavy atom. The number of carbonyl (C=O) groups is 1. The molecule has 0 N–H and O–H groups in total. The smallest absolute Gasteiger partial charge is 0.270 e. The number of nitro groups is 1. The maximum absolute atomic E-state index is 13.0. The largest absolute Gasteiger partial charge is 0.335 e. The molecule has 0 spiro atoms. The molecule has 1 aliphatic heterocycles. The molecule has 27 heavy (non-hydrogen) atoms. The Bertz CT molecular complexity index is 1040. The van der Waals surface area contributed by atoms with Crippen LogP contribution in [0.15, 0.2) is 30.5 Å². The molecule has 1 unspecified atom stereocenters. The van der Waals surface area contributed by atoms with E-state index in [4.69, 9.17) is 0 Å². The number of fused-ring (bicyclic) bond motifs is 1. The maximum Gasteiger partial charge on any atom is 0.270 e. The van der Waals surface area contributed by atoms with Crippen LogP contribution in [0.3, 0.4) is 0 Å². The Morgan fingerprint density at radius 1 is 1.37 bits per heavy atom. The van der Waals surface area contributed by atoms with E-state index in [1.165, 1.54) is 29.9 Å². The number of piperidine rings is 1. The lowest BCUT2D eigenvalue weighted by molar-refractivity contribution is -0.384. The topological polar surface area (TPSA) is 80.8 Å². The van der Waals surface area contributed by atoms with Gasteiger partial charge in [0.25, 0.3) is 11.6 Å². The molecule has 0 bridgehead atoms. The Kier molecular flexibility index (Phi) is 4.43. The number of benzene rings is 1. The molecule has 0 radical (unpaired) electrons. The van der Waals surface area contributed by atoms with Gasteiger partial charge in [-0.15, -0.1) is 0 Å². The average molecular weight is 384 g/mol. The maximum atomic E-state index is 13.0. The fraction of sp³-hybridized carbons (Fsp3) is 0.368. The SMILES string of the molecule is Cc1c(C(=O)N2CCCCC2C)sc2nc(-c3cccc([N+](=O)[O-])c3)cn12. The first-order valence-corrected chi connectivity index (χ1v) is 9.81. The van der Waals surface area contributed by atoms with Crippen LogP contribution < -0.4 is 0 Å². The molecule has 140 valence electrons. The standard InChI is InChI=1S/C19H20N4O3S/c1-12-6-3-4-9-21(12)18(24)17-13(2)22-11-16(20-19(22)27-17)14-7-5-8-15(10-14)23(25)26/h5,7-8,10-12H,3-4,6,9H2,1-2H3. The molecule has 2 aromatic heterocycles. The number of likely N-dealkylation sites (tertiary alicyclic amines) is 1. The van der Waals surface area contributed by atoms with Crippen LogP contribution in [0.5, 0.6) is 0 Å². The predicted molar refractivity (Wildman–Crippen MR) is 104 cm³/mol. The fourth-order valence-electron chi connectivity index (χ4n) is 3.60. The third kappa shape index (κ3) is 3.10. The van der Waals surface area contributed by atoms with Gasteiger partial charge in [0.1, 0.15) is 4.88 Å². The second-order valence-electron chi connectivity index (χ2n) is 6.95. The number of nitro benzene ring substituents is 1. The second-order valence-corrected chi connectivity index (χ2v) is 7.92. The van der Waals surface area contributed by atoms with Crippen LogP contribution in [-0.2, 0) is 0 Å². The highest BCUT2D eigenvalue weighted by atomic mass is 32.1. The molecular formula is C19H20N4O3S. The van der Waals surface area contributed by atoms with Gasteiger partial charge in [0.2, 0.25) is 0 Å². The summed E-state index contributed by atoms with van der Waals surface area (Å²) < 4.78 is 1.90. The molecule has 3 aromatic rings. The lowest BCUT2D eigenvalue weighted by Crippen LogP contribution is -2.41. The van der Waals surface area contributed by atoms with Crippen molar-refractivity contribution >= 4 is 27.9 Å². The molecule has 0 aliphatic carbocycles. The lowest BCUT2D eigenvalue weighted by atomic mass is 10.0. The zero-order valence-electron chi connectivity index (χ0n) is 15.2. The minimum atomic E-state index is -0.413. The van der Waals surface area contributed by atoms with Crippen LogP contribution in [0.2, 0.25) is 0 Å². The van der Waals surface area contributed by atoms with E-state index >= 15 is 0 Å². The molecule has 1 aromatic carbocycles. The Morgan fingerprint density at radius 2 is 2.19 bits per heavy atom. The summed E-state index contributed by atoms with van der Waals surface area (Å²) in [4.78, 5) is 31.6. The molecule has 3 heterocycles. The van der Waals surface area contributed by atoms with E-state index < -0.39 is 4.92 Å². The number of aryl methyl sites for hydroxylation is 1. The molecule has 1 atom stereocenters. The highest BCUT2D eigenvalue weighted by Gasteiger charge is 2.28. The van der Waals surface area contributed by atoms with Gasteiger partial charge in [-0.05, 0) is 33.1 Å². The zero-order valence-corrected chi connectivity index (χ0v) is 16.0. The van der Waals surface area contributed by atoms with Gasteiger partial charge in [0.05, 0.1) is 10.6 Å². The van der Waals surface area contributed by atoms with Crippen molar-refractivity contribution in [2.45, 2.75) is 39.2 Å². The lowest BCUT2D eigenvalue weighted by Gasteiger charge is -2.33. The monoisotopic (exact) mass is 384 g/mol.